The van der Waals surface area contributed by atoms with Gasteiger partial charge in [0, 0.05) is 24.5 Å². The number of carbonyl (C=O) groups excluding carboxylic acids is 5. The molecule has 4 aromatic rings. The topological polar surface area (TPSA) is 178 Å². The fourth-order valence-corrected chi connectivity index (χ4v) is 9.24. The van der Waals surface area contributed by atoms with E-state index in [4.69, 9.17) is 14.5 Å². The van der Waals surface area contributed by atoms with Gasteiger partial charge in [0.2, 0.25) is 17.7 Å². The van der Waals surface area contributed by atoms with Crippen LogP contribution in [0.2, 0.25) is 0 Å². The number of benzene rings is 3. The molecule has 3 saturated heterocycles. The van der Waals surface area contributed by atoms with E-state index in [2.05, 4.69) is 38.0 Å². The first-order valence-corrected chi connectivity index (χ1v) is 21.5. The highest BCUT2D eigenvalue weighted by atomic mass is 19.1. The first-order chi connectivity index (χ1) is 29.8. The number of halogens is 1. The van der Waals surface area contributed by atoms with Gasteiger partial charge < -0.3 is 45.1 Å². The zero-order valence-electron chi connectivity index (χ0n) is 36.2. The second-order valence-corrected chi connectivity index (χ2v) is 17.1. The quantitative estimate of drug-likeness (QED) is 0.115. The molecule has 3 aliphatic rings. The third-order valence-electron chi connectivity index (χ3n) is 12.5. The largest absolute Gasteiger partial charge is 0.453 e. The average molecular weight is 853 g/mol. The fraction of sp³-hybridized carbons (Fsp3) is 0.478. The minimum absolute atomic E-state index is 0.0593. The fourth-order valence-electron chi connectivity index (χ4n) is 9.24. The Hall–Kier alpha value is -6.19. The minimum Gasteiger partial charge on any atom is -0.453 e. The second-order valence-electron chi connectivity index (χ2n) is 17.1. The van der Waals surface area contributed by atoms with Gasteiger partial charge in [-0.15, -0.1) is 0 Å². The Morgan fingerprint density at radius 1 is 0.710 bits per heavy atom. The summed E-state index contributed by atoms with van der Waals surface area (Å²) < 4.78 is 23.8. The van der Waals surface area contributed by atoms with Gasteiger partial charge in [-0.1, -0.05) is 45.9 Å². The minimum atomic E-state index is -0.824. The van der Waals surface area contributed by atoms with Gasteiger partial charge in [-0.3, -0.25) is 14.4 Å². The summed E-state index contributed by atoms with van der Waals surface area (Å²) in [6.45, 7) is 8.40. The van der Waals surface area contributed by atoms with E-state index in [1.54, 1.807) is 21.9 Å². The van der Waals surface area contributed by atoms with Crippen molar-refractivity contribution in [2.24, 2.45) is 11.8 Å². The first-order valence-electron chi connectivity index (χ1n) is 21.5. The van der Waals surface area contributed by atoms with Crippen molar-refractivity contribution in [2.75, 3.05) is 37.5 Å². The predicted octanol–water partition coefficient (Wildman–Crippen LogP) is 7.14. The molecule has 1 unspecified atom stereocenters. The van der Waals surface area contributed by atoms with Gasteiger partial charge in [0.15, 0.2) is 0 Å². The lowest BCUT2D eigenvalue weighted by molar-refractivity contribution is -0.139. The number of alkyl carbamates (subject to hydrolysis) is 2. The molecule has 6 atom stereocenters. The zero-order chi connectivity index (χ0) is 44.2. The number of H-pyrrole nitrogens is 1. The standard InChI is InChI=1S/C46H57FN8O7/c1-26(2)39(51-45(59)61-5)43(57)53-23-7-9-37(53)41-49-33-20-13-29(25-34(33)50-41)36-22-21-35(55(36)32-18-14-30(47)15-19-32)28-11-16-31(17-12-28)48-42(56)38-10-8-24-54(38)44(58)40(27(3)4)52-46(60)62-6/h11-20,25-27,35-40H,7-10,21-24H2,1-6H3,(H,48,56)(H,49,50)(H,51,59)(H,52,60)/t35-,36-,37+,38?,39+,40+/m1/s1. The van der Waals surface area contributed by atoms with Crippen molar-refractivity contribution in [2.45, 2.75) is 102 Å². The number of rotatable bonds is 12. The number of hydrogen-bond donors (Lipinski definition) is 4. The summed E-state index contributed by atoms with van der Waals surface area (Å²) in [7, 11) is 2.52. The van der Waals surface area contributed by atoms with E-state index in [0.29, 0.717) is 37.4 Å². The lowest BCUT2D eigenvalue weighted by Gasteiger charge is -2.33. The van der Waals surface area contributed by atoms with Crippen molar-refractivity contribution >= 4 is 52.3 Å². The molecule has 62 heavy (non-hydrogen) atoms. The van der Waals surface area contributed by atoms with E-state index in [9.17, 15) is 28.4 Å². The van der Waals surface area contributed by atoms with Crippen molar-refractivity contribution in [3.63, 3.8) is 0 Å². The number of nitrogens with one attached hydrogen (secondary N) is 4. The van der Waals surface area contributed by atoms with E-state index < -0.39 is 30.3 Å². The number of imidazole rings is 1. The summed E-state index contributed by atoms with van der Waals surface area (Å²) in [5.74, 6) is -0.769. The highest BCUT2D eigenvalue weighted by Crippen LogP contribution is 2.47. The van der Waals surface area contributed by atoms with E-state index in [1.807, 2.05) is 58.0 Å². The van der Waals surface area contributed by atoms with Crippen LogP contribution in [0.15, 0.2) is 66.7 Å². The summed E-state index contributed by atoms with van der Waals surface area (Å²) >= 11 is 0. The molecule has 0 aliphatic carbocycles. The number of likely N-dealkylation sites (tertiary alicyclic amines) is 2. The highest BCUT2D eigenvalue weighted by molar-refractivity contribution is 5.98. The Labute approximate surface area is 361 Å². The summed E-state index contributed by atoms with van der Waals surface area (Å²) in [5.41, 5.74) is 5.17. The number of ether oxygens (including phenoxy) is 2. The average Bonchev–Trinajstić information content (AvgIpc) is 4.10. The van der Waals surface area contributed by atoms with E-state index >= 15 is 0 Å². The van der Waals surface area contributed by atoms with Gasteiger partial charge in [-0.05, 0) is 110 Å². The molecule has 4 N–H and O–H groups in total. The number of aromatic amines is 1. The van der Waals surface area contributed by atoms with Crippen LogP contribution in [0.4, 0.5) is 25.4 Å². The van der Waals surface area contributed by atoms with Gasteiger partial charge in [-0.2, -0.15) is 0 Å². The first kappa shape index (κ1) is 43.9. The van der Waals surface area contributed by atoms with Crippen LogP contribution >= 0.6 is 0 Å². The summed E-state index contributed by atoms with van der Waals surface area (Å²) in [6, 6.07) is 17.8. The number of nitrogens with zero attached hydrogens (tertiary/aromatic N) is 4. The molecule has 15 nitrogen and oxygen atoms in total. The van der Waals surface area contributed by atoms with Gasteiger partial charge >= 0.3 is 12.2 Å². The maximum Gasteiger partial charge on any atom is 0.407 e. The summed E-state index contributed by atoms with van der Waals surface area (Å²) in [6.07, 6.45) is 2.99. The number of hydrogen-bond acceptors (Lipinski definition) is 9. The van der Waals surface area contributed by atoms with Crippen LogP contribution in [0.5, 0.6) is 0 Å². The van der Waals surface area contributed by atoms with E-state index in [1.165, 1.54) is 26.4 Å². The van der Waals surface area contributed by atoms with Gasteiger partial charge in [0.05, 0.1) is 43.4 Å². The Bertz CT molecular complexity index is 2270. The van der Waals surface area contributed by atoms with Crippen LogP contribution in [0.1, 0.15) is 101 Å². The van der Waals surface area contributed by atoms with Crippen molar-refractivity contribution in [3.05, 3.63) is 89.5 Å². The van der Waals surface area contributed by atoms with E-state index in [-0.39, 0.29) is 53.5 Å². The smallest absolute Gasteiger partial charge is 0.407 e. The SMILES string of the molecule is COC(=O)N[C@H](C(=O)N1CCCC1C(=O)Nc1ccc([C@H]2CC[C@H](c3ccc4nc([C@@H]5CCCN5C(=O)[C@@H](NC(=O)OC)C(C)C)[nH]c4c3)N2c2ccc(F)cc2)cc1)C(C)C. The number of carbonyl (C=O) groups is 5. The molecule has 0 bridgehead atoms. The van der Waals surface area contributed by atoms with Crippen LogP contribution < -0.4 is 20.9 Å². The van der Waals surface area contributed by atoms with Crippen molar-refractivity contribution in [1.82, 2.24) is 30.4 Å². The second kappa shape index (κ2) is 18.8. The Balaban J connectivity index is 1.09. The number of fused-ring (bicyclic) bond motifs is 1. The zero-order valence-corrected chi connectivity index (χ0v) is 36.2. The normalized spacial score (nSPS) is 21.0. The molecule has 16 heteroatoms. The van der Waals surface area contributed by atoms with Gasteiger partial charge in [0.25, 0.3) is 0 Å². The van der Waals surface area contributed by atoms with Gasteiger partial charge in [0.1, 0.15) is 29.8 Å². The van der Waals surface area contributed by atoms with Crippen molar-refractivity contribution in [3.8, 4) is 0 Å². The number of methoxy groups -OCH3 is 2. The molecule has 0 saturated carbocycles. The molecule has 7 rings (SSSR count). The molecule has 0 spiro atoms. The predicted molar refractivity (Wildman–Crippen MR) is 232 cm³/mol. The molecule has 5 amide bonds. The molecule has 1 aromatic heterocycles. The lowest BCUT2D eigenvalue weighted by Crippen LogP contribution is -2.54. The summed E-state index contributed by atoms with van der Waals surface area (Å²) in [4.78, 5) is 79.1. The molecule has 0 radical (unpaired) electrons. The van der Waals surface area contributed by atoms with Crippen LogP contribution in [-0.4, -0.2) is 95.1 Å². The molecular weight excluding hydrogens is 796 g/mol. The number of aromatic nitrogens is 2. The maximum absolute atomic E-state index is 14.3. The lowest BCUT2D eigenvalue weighted by atomic mass is 10.0. The van der Waals surface area contributed by atoms with Crippen LogP contribution in [0.3, 0.4) is 0 Å². The Morgan fingerprint density at radius 3 is 1.89 bits per heavy atom. The third kappa shape index (κ3) is 9.19. The molecular formula is C46H57FN8O7. The molecule has 3 aromatic carbocycles. The highest BCUT2D eigenvalue weighted by Gasteiger charge is 2.41. The molecule has 3 fully saturated rings. The van der Waals surface area contributed by atoms with Crippen LogP contribution in [0.25, 0.3) is 11.0 Å². The number of anilines is 2. The van der Waals surface area contributed by atoms with Crippen LogP contribution in [0, 0.1) is 17.7 Å². The Kier molecular flexibility index (Phi) is 13.3. The molecule has 330 valence electrons. The molecule has 3 aliphatic heterocycles. The van der Waals surface area contributed by atoms with Gasteiger partial charge in [-0.25, -0.2) is 19.0 Å². The number of amides is 5. The van der Waals surface area contributed by atoms with Crippen LogP contribution in [-0.2, 0) is 23.9 Å². The monoisotopic (exact) mass is 852 g/mol. The third-order valence-corrected chi connectivity index (χ3v) is 12.5. The molecule has 4 heterocycles. The summed E-state index contributed by atoms with van der Waals surface area (Å²) in [5, 5.41) is 8.33. The van der Waals surface area contributed by atoms with Crippen molar-refractivity contribution in [1.29, 1.82) is 0 Å². The van der Waals surface area contributed by atoms with E-state index in [0.717, 1.165) is 53.5 Å². The van der Waals surface area contributed by atoms with Crippen molar-refractivity contribution < 1.29 is 37.8 Å². The Morgan fingerprint density at radius 2 is 1.27 bits per heavy atom. The maximum atomic E-state index is 14.3.